The quantitative estimate of drug-likeness (QED) is 0.478. The number of carbonyl (C=O) groups excluding carboxylic acids is 1. The number of hydrogen-bond acceptors (Lipinski definition) is 4. The van der Waals surface area contributed by atoms with Gasteiger partial charge in [0.2, 0.25) is 0 Å². The highest BCUT2D eigenvalue weighted by molar-refractivity contribution is 5.97. The van der Waals surface area contributed by atoms with E-state index in [-0.39, 0.29) is 11.5 Å². The van der Waals surface area contributed by atoms with Crippen molar-refractivity contribution in [1.29, 1.82) is 0 Å². The van der Waals surface area contributed by atoms with E-state index in [0.29, 0.717) is 24.1 Å². The van der Waals surface area contributed by atoms with Crippen LogP contribution in [0.1, 0.15) is 35.3 Å². The highest BCUT2D eigenvalue weighted by Crippen LogP contribution is 2.27. The molecular formula is C14H13N3O3. The number of nitro groups is 1. The van der Waals surface area contributed by atoms with Gasteiger partial charge in [0.1, 0.15) is 5.69 Å². The van der Waals surface area contributed by atoms with Crippen LogP contribution in [0.3, 0.4) is 0 Å². The second-order valence-corrected chi connectivity index (χ2v) is 4.79. The van der Waals surface area contributed by atoms with Crippen molar-refractivity contribution in [1.82, 2.24) is 9.78 Å². The summed E-state index contributed by atoms with van der Waals surface area (Å²) < 4.78 is 1.54. The van der Waals surface area contributed by atoms with E-state index in [9.17, 15) is 14.9 Å². The second kappa shape index (κ2) is 4.88. The molecule has 6 heteroatoms. The lowest BCUT2D eigenvalue weighted by Crippen LogP contribution is -2.06. The summed E-state index contributed by atoms with van der Waals surface area (Å²) in [5.74, 6) is 0.0716. The summed E-state index contributed by atoms with van der Waals surface area (Å²) >= 11 is 0. The Bertz CT molecular complexity index is 691. The number of fused-ring (bicyclic) bond motifs is 1. The van der Waals surface area contributed by atoms with Gasteiger partial charge in [-0.2, -0.15) is 5.10 Å². The van der Waals surface area contributed by atoms with Crippen LogP contribution in [0.25, 0.3) is 5.69 Å². The zero-order valence-electron chi connectivity index (χ0n) is 10.8. The van der Waals surface area contributed by atoms with Crippen molar-refractivity contribution in [3.63, 3.8) is 0 Å². The largest absolute Gasteiger partial charge is 0.294 e. The minimum Gasteiger partial charge on any atom is -0.294 e. The molecule has 1 aliphatic rings. The Labute approximate surface area is 115 Å². The van der Waals surface area contributed by atoms with Crippen molar-refractivity contribution in [2.75, 3.05) is 0 Å². The fourth-order valence-electron chi connectivity index (χ4n) is 2.57. The summed E-state index contributed by atoms with van der Waals surface area (Å²) in [6.07, 6.45) is 4.51. The lowest BCUT2D eigenvalue weighted by atomic mass is 10.1. The summed E-state index contributed by atoms with van der Waals surface area (Å²) in [6, 6.07) is 6.45. The summed E-state index contributed by atoms with van der Waals surface area (Å²) in [4.78, 5) is 22.7. The van der Waals surface area contributed by atoms with Gasteiger partial charge >= 0.3 is 0 Å². The van der Waals surface area contributed by atoms with E-state index in [1.807, 2.05) is 0 Å². The van der Waals surface area contributed by atoms with Gasteiger partial charge in [-0.1, -0.05) is 12.1 Å². The molecule has 0 bridgehead atoms. The molecule has 1 aliphatic carbocycles. The third-order valence-electron chi connectivity index (χ3n) is 3.54. The fourth-order valence-corrected chi connectivity index (χ4v) is 2.57. The molecule has 0 N–H and O–H groups in total. The monoisotopic (exact) mass is 271 g/mol. The van der Waals surface area contributed by atoms with E-state index in [2.05, 4.69) is 5.10 Å². The maximum absolute atomic E-state index is 12.0. The molecule has 0 amide bonds. The molecule has 0 atom stereocenters. The zero-order valence-corrected chi connectivity index (χ0v) is 10.8. The molecule has 0 saturated heterocycles. The van der Waals surface area contributed by atoms with Crippen LogP contribution in [-0.2, 0) is 6.42 Å². The van der Waals surface area contributed by atoms with E-state index in [1.165, 1.54) is 16.9 Å². The molecule has 0 fully saturated rings. The number of nitrogens with zero attached hydrogens (tertiary/aromatic N) is 3. The molecule has 0 unspecified atom stereocenters. The van der Waals surface area contributed by atoms with Gasteiger partial charge in [0.15, 0.2) is 5.78 Å². The number of benzene rings is 1. The number of hydrogen-bond donors (Lipinski definition) is 0. The molecule has 6 nitrogen and oxygen atoms in total. The topological polar surface area (TPSA) is 78.0 Å². The van der Waals surface area contributed by atoms with Crippen LogP contribution in [0.15, 0.2) is 30.5 Å². The molecule has 3 rings (SSSR count). The van der Waals surface area contributed by atoms with Crippen molar-refractivity contribution >= 4 is 11.5 Å². The maximum Gasteiger partial charge on any atom is 0.294 e. The Hall–Kier alpha value is -2.50. The Balaban J connectivity index is 2.17. The number of carbonyl (C=O) groups is 1. The van der Waals surface area contributed by atoms with Gasteiger partial charge in [0.05, 0.1) is 22.4 Å². The zero-order chi connectivity index (χ0) is 14.1. The van der Waals surface area contributed by atoms with Gasteiger partial charge in [-0.25, -0.2) is 4.68 Å². The molecule has 1 aromatic heterocycles. The Kier molecular flexibility index (Phi) is 3.06. The van der Waals surface area contributed by atoms with Gasteiger partial charge in [-0.15, -0.1) is 0 Å². The average molecular weight is 271 g/mol. The summed E-state index contributed by atoms with van der Waals surface area (Å²) in [6.45, 7) is 0. The maximum atomic E-state index is 12.0. The molecular weight excluding hydrogens is 258 g/mol. The van der Waals surface area contributed by atoms with Crippen molar-refractivity contribution in [2.45, 2.75) is 25.7 Å². The van der Waals surface area contributed by atoms with Crippen LogP contribution in [0.5, 0.6) is 0 Å². The van der Waals surface area contributed by atoms with Crippen LogP contribution in [0.2, 0.25) is 0 Å². The lowest BCUT2D eigenvalue weighted by molar-refractivity contribution is -0.384. The summed E-state index contributed by atoms with van der Waals surface area (Å²) in [5, 5.41) is 15.3. The SMILES string of the molecule is O=C1CCCCc2c1cnn2-c1ccccc1[N+](=O)[O-]. The number of Topliss-reactive ketones (excluding diaryl/α,β-unsaturated/α-hetero) is 1. The van der Waals surface area contributed by atoms with Gasteiger partial charge in [-0.3, -0.25) is 14.9 Å². The van der Waals surface area contributed by atoms with Crippen molar-refractivity contribution in [3.05, 3.63) is 51.8 Å². The number of ketones is 1. The van der Waals surface area contributed by atoms with Gasteiger partial charge < -0.3 is 0 Å². The van der Waals surface area contributed by atoms with Crippen LogP contribution < -0.4 is 0 Å². The molecule has 2 aromatic rings. The van der Waals surface area contributed by atoms with Crippen LogP contribution in [-0.4, -0.2) is 20.5 Å². The third kappa shape index (κ3) is 1.99. The normalized spacial score (nSPS) is 14.7. The standard InChI is InChI=1S/C14H13N3O3/c18-14-8-4-3-5-11-10(14)9-15-16(11)12-6-1-2-7-13(12)17(19)20/h1-2,6-7,9H,3-5,8H2. The fraction of sp³-hybridized carbons (Fsp3) is 0.286. The van der Waals surface area contributed by atoms with Crippen LogP contribution in [0, 0.1) is 10.1 Å². The number of aromatic nitrogens is 2. The number of rotatable bonds is 2. The van der Waals surface area contributed by atoms with Crippen molar-refractivity contribution < 1.29 is 9.72 Å². The molecule has 20 heavy (non-hydrogen) atoms. The minimum atomic E-state index is -0.429. The van der Waals surface area contributed by atoms with E-state index in [4.69, 9.17) is 0 Å². The van der Waals surface area contributed by atoms with Gasteiger partial charge in [0, 0.05) is 12.5 Å². The van der Waals surface area contributed by atoms with Crippen molar-refractivity contribution in [3.8, 4) is 5.69 Å². The molecule has 0 radical (unpaired) electrons. The molecule has 1 aromatic carbocycles. The summed E-state index contributed by atoms with van der Waals surface area (Å²) in [7, 11) is 0. The van der Waals surface area contributed by atoms with E-state index < -0.39 is 4.92 Å². The first kappa shape index (κ1) is 12.5. The van der Waals surface area contributed by atoms with E-state index >= 15 is 0 Å². The first-order valence-electron chi connectivity index (χ1n) is 6.52. The second-order valence-electron chi connectivity index (χ2n) is 4.79. The molecule has 0 aliphatic heterocycles. The van der Waals surface area contributed by atoms with Gasteiger partial charge in [0.25, 0.3) is 5.69 Å². The highest BCUT2D eigenvalue weighted by atomic mass is 16.6. The lowest BCUT2D eigenvalue weighted by Gasteiger charge is -2.07. The highest BCUT2D eigenvalue weighted by Gasteiger charge is 2.24. The Morgan fingerprint density at radius 2 is 1.95 bits per heavy atom. The first-order chi connectivity index (χ1) is 9.68. The van der Waals surface area contributed by atoms with Gasteiger partial charge in [-0.05, 0) is 25.3 Å². The Morgan fingerprint density at radius 1 is 1.20 bits per heavy atom. The van der Waals surface area contributed by atoms with E-state index in [0.717, 1.165) is 18.5 Å². The smallest absolute Gasteiger partial charge is 0.294 e. The average Bonchev–Trinajstić information content (AvgIpc) is 2.78. The third-order valence-corrected chi connectivity index (χ3v) is 3.54. The predicted molar refractivity (Wildman–Crippen MR) is 72.1 cm³/mol. The molecule has 0 spiro atoms. The molecule has 1 heterocycles. The predicted octanol–water partition coefficient (Wildman–Crippen LogP) is 2.69. The van der Waals surface area contributed by atoms with Crippen LogP contribution in [0.4, 0.5) is 5.69 Å². The minimum absolute atomic E-state index is 0.00454. The molecule has 0 saturated carbocycles. The number of nitro benzene ring substituents is 1. The van der Waals surface area contributed by atoms with E-state index in [1.54, 1.807) is 18.2 Å². The van der Waals surface area contributed by atoms with Crippen molar-refractivity contribution in [2.24, 2.45) is 0 Å². The number of para-hydroxylation sites is 2. The first-order valence-corrected chi connectivity index (χ1v) is 6.52. The summed E-state index contributed by atoms with van der Waals surface area (Å²) in [5.41, 5.74) is 1.78. The van der Waals surface area contributed by atoms with Crippen LogP contribution >= 0.6 is 0 Å². The molecule has 102 valence electrons. The Morgan fingerprint density at radius 3 is 2.75 bits per heavy atom.